The summed E-state index contributed by atoms with van der Waals surface area (Å²) in [6.45, 7) is 4.21. The topological polar surface area (TPSA) is 66.0 Å². The zero-order valence-electron chi connectivity index (χ0n) is 9.93. The summed E-state index contributed by atoms with van der Waals surface area (Å²) in [5.41, 5.74) is 0.505. The van der Waals surface area contributed by atoms with Gasteiger partial charge in [-0.3, -0.25) is 0 Å². The van der Waals surface area contributed by atoms with Crippen LogP contribution in [-0.4, -0.2) is 12.7 Å². The summed E-state index contributed by atoms with van der Waals surface area (Å²) in [4.78, 5) is 0. The minimum absolute atomic E-state index is 0.481. The fraction of sp³-hybridized carbons (Fsp3) is 0.385. The van der Waals surface area contributed by atoms with Crippen molar-refractivity contribution in [2.24, 2.45) is 0 Å². The highest BCUT2D eigenvalue weighted by molar-refractivity contribution is 5.47. The number of benzene rings is 1. The molecule has 0 aliphatic rings. The van der Waals surface area contributed by atoms with E-state index in [9.17, 15) is 0 Å². The molecule has 17 heavy (non-hydrogen) atoms. The van der Waals surface area contributed by atoms with Gasteiger partial charge in [0.15, 0.2) is 17.6 Å². The molecule has 0 bridgehead atoms. The van der Waals surface area contributed by atoms with Crippen molar-refractivity contribution in [2.75, 3.05) is 6.61 Å². The lowest BCUT2D eigenvalue weighted by Gasteiger charge is -2.14. The van der Waals surface area contributed by atoms with E-state index in [1.165, 1.54) is 0 Å². The van der Waals surface area contributed by atoms with Gasteiger partial charge in [-0.2, -0.15) is 10.5 Å². The molecule has 0 heterocycles. The summed E-state index contributed by atoms with van der Waals surface area (Å²) in [6, 6.07) is 9.00. The van der Waals surface area contributed by atoms with Crippen molar-refractivity contribution in [1.82, 2.24) is 0 Å². The van der Waals surface area contributed by atoms with E-state index in [2.05, 4.69) is 6.07 Å². The molecule has 1 unspecified atom stereocenters. The molecule has 0 aromatic heterocycles. The number of ether oxygens (including phenoxy) is 2. The minimum Gasteiger partial charge on any atom is -0.490 e. The number of hydrogen-bond acceptors (Lipinski definition) is 4. The zero-order valence-corrected chi connectivity index (χ0v) is 9.93. The quantitative estimate of drug-likeness (QED) is 0.779. The Morgan fingerprint density at radius 2 is 2.00 bits per heavy atom. The molecule has 1 rings (SSSR count). The Balaban J connectivity index is 2.98. The zero-order chi connectivity index (χ0) is 12.7. The van der Waals surface area contributed by atoms with Gasteiger partial charge < -0.3 is 9.47 Å². The van der Waals surface area contributed by atoms with Crippen LogP contribution in [0.2, 0.25) is 0 Å². The fourth-order valence-corrected chi connectivity index (χ4v) is 1.30. The van der Waals surface area contributed by atoms with Crippen LogP contribution in [0.4, 0.5) is 0 Å². The maximum absolute atomic E-state index is 8.84. The van der Waals surface area contributed by atoms with Crippen molar-refractivity contribution in [1.29, 1.82) is 10.5 Å². The van der Waals surface area contributed by atoms with Crippen LogP contribution >= 0.6 is 0 Å². The average Bonchev–Trinajstić information content (AvgIpc) is 2.37. The van der Waals surface area contributed by atoms with Gasteiger partial charge in [0, 0.05) is 6.07 Å². The maximum Gasteiger partial charge on any atom is 0.184 e. The Bertz CT molecular complexity index is 457. The summed E-state index contributed by atoms with van der Waals surface area (Å²) in [5.74, 6) is 1.000. The molecule has 0 N–H and O–H groups in total. The second-order valence-corrected chi connectivity index (χ2v) is 3.35. The molecule has 0 radical (unpaired) electrons. The highest BCUT2D eigenvalue weighted by Crippen LogP contribution is 2.29. The molecule has 88 valence electrons. The average molecular weight is 230 g/mol. The van der Waals surface area contributed by atoms with Crippen molar-refractivity contribution in [3.63, 3.8) is 0 Å². The van der Waals surface area contributed by atoms with E-state index in [4.69, 9.17) is 20.0 Å². The number of nitriles is 2. The van der Waals surface area contributed by atoms with Gasteiger partial charge in [-0.25, -0.2) is 0 Å². The fourth-order valence-electron chi connectivity index (χ4n) is 1.30. The third kappa shape index (κ3) is 3.39. The first-order chi connectivity index (χ1) is 8.24. The molecule has 1 aromatic carbocycles. The van der Waals surface area contributed by atoms with Crippen LogP contribution < -0.4 is 9.47 Å². The summed E-state index contributed by atoms with van der Waals surface area (Å²) < 4.78 is 10.9. The first-order valence-corrected chi connectivity index (χ1v) is 5.48. The van der Waals surface area contributed by atoms with E-state index in [1.807, 2.05) is 19.9 Å². The third-order valence-electron chi connectivity index (χ3n) is 2.16. The summed E-state index contributed by atoms with van der Waals surface area (Å²) >= 11 is 0. The van der Waals surface area contributed by atoms with Gasteiger partial charge in [0.05, 0.1) is 18.2 Å². The number of rotatable bonds is 5. The van der Waals surface area contributed by atoms with Crippen LogP contribution in [0.5, 0.6) is 11.5 Å². The molecule has 0 saturated carbocycles. The lowest BCUT2D eigenvalue weighted by Crippen LogP contribution is -2.13. The van der Waals surface area contributed by atoms with Gasteiger partial charge in [-0.1, -0.05) is 6.92 Å². The van der Waals surface area contributed by atoms with Gasteiger partial charge in [-0.05, 0) is 25.5 Å². The monoisotopic (exact) mass is 230 g/mol. The highest BCUT2D eigenvalue weighted by Gasteiger charge is 2.11. The molecule has 4 heteroatoms. The normalized spacial score (nSPS) is 11.1. The molecule has 0 aliphatic carbocycles. The second-order valence-electron chi connectivity index (χ2n) is 3.35. The standard InChI is InChI=1S/C13H14N2O2/c1-3-11(9-15)17-12-6-5-10(8-14)7-13(12)16-4-2/h5-7,11H,3-4H2,1-2H3. The van der Waals surface area contributed by atoms with Crippen LogP contribution in [0.25, 0.3) is 0 Å². The number of hydrogen-bond donors (Lipinski definition) is 0. The minimum atomic E-state index is -0.498. The molecule has 4 nitrogen and oxygen atoms in total. The molecule has 0 saturated heterocycles. The number of nitrogens with zero attached hydrogens (tertiary/aromatic N) is 2. The first-order valence-electron chi connectivity index (χ1n) is 5.48. The van der Waals surface area contributed by atoms with Crippen molar-refractivity contribution < 1.29 is 9.47 Å². The van der Waals surface area contributed by atoms with Crippen molar-refractivity contribution in [2.45, 2.75) is 26.4 Å². The van der Waals surface area contributed by atoms with Crippen molar-refractivity contribution in [3.05, 3.63) is 23.8 Å². The van der Waals surface area contributed by atoms with E-state index in [0.717, 1.165) is 0 Å². The van der Waals surface area contributed by atoms with Gasteiger partial charge >= 0.3 is 0 Å². The van der Waals surface area contributed by atoms with Gasteiger partial charge in [0.2, 0.25) is 0 Å². The van der Waals surface area contributed by atoms with E-state index in [0.29, 0.717) is 30.1 Å². The molecule has 1 atom stereocenters. The SMILES string of the molecule is CCOc1cc(C#N)ccc1OC(C#N)CC. The summed E-state index contributed by atoms with van der Waals surface area (Å²) in [5, 5.41) is 17.6. The molecular formula is C13H14N2O2. The maximum atomic E-state index is 8.84. The Kier molecular flexibility index (Phi) is 4.84. The predicted molar refractivity (Wildman–Crippen MR) is 62.6 cm³/mol. The molecule has 0 fully saturated rings. The van der Waals surface area contributed by atoms with Crippen LogP contribution in [-0.2, 0) is 0 Å². The second kappa shape index (κ2) is 6.40. The van der Waals surface area contributed by atoms with E-state index in [-0.39, 0.29) is 0 Å². The molecule has 0 amide bonds. The van der Waals surface area contributed by atoms with Gasteiger partial charge in [0.1, 0.15) is 6.07 Å². The molecular weight excluding hydrogens is 216 g/mol. The van der Waals surface area contributed by atoms with Gasteiger partial charge in [-0.15, -0.1) is 0 Å². The molecule has 1 aromatic rings. The smallest absolute Gasteiger partial charge is 0.184 e. The van der Waals surface area contributed by atoms with Crippen LogP contribution in [0.3, 0.4) is 0 Å². The lowest BCUT2D eigenvalue weighted by atomic mass is 10.2. The summed E-state index contributed by atoms with van der Waals surface area (Å²) in [7, 11) is 0. The third-order valence-corrected chi connectivity index (χ3v) is 2.16. The van der Waals surface area contributed by atoms with Crippen LogP contribution in [0.15, 0.2) is 18.2 Å². The van der Waals surface area contributed by atoms with Crippen LogP contribution in [0.1, 0.15) is 25.8 Å². The largest absolute Gasteiger partial charge is 0.490 e. The Hall–Kier alpha value is -2.20. The van der Waals surface area contributed by atoms with E-state index >= 15 is 0 Å². The molecule has 0 aliphatic heterocycles. The Morgan fingerprint density at radius 1 is 1.24 bits per heavy atom. The van der Waals surface area contributed by atoms with Crippen molar-refractivity contribution in [3.8, 4) is 23.6 Å². The van der Waals surface area contributed by atoms with E-state index in [1.54, 1.807) is 18.2 Å². The van der Waals surface area contributed by atoms with E-state index < -0.39 is 6.10 Å². The van der Waals surface area contributed by atoms with Gasteiger partial charge in [0.25, 0.3) is 0 Å². The first kappa shape index (κ1) is 12.9. The van der Waals surface area contributed by atoms with Crippen LogP contribution in [0, 0.1) is 22.7 Å². The lowest BCUT2D eigenvalue weighted by molar-refractivity contribution is 0.232. The highest BCUT2D eigenvalue weighted by atomic mass is 16.5. The molecule has 0 spiro atoms. The Labute approximate surface area is 101 Å². The Morgan fingerprint density at radius 3 is 2.53 bits per heavy atom. The summed E-state index contributed by atoms with van der Waals surface area (Å²) in [6.07, 6.45) is 0.101. The van der Waals surface area contributed by atoms with Crippen molar-refractivity contribution >= 4 is 0 Å². The predicted octanol–water partition coefficient (Wildman–Crippen LogP) is 2.64.